The molecule has 0 spiro atoms. The lowest BCUT2D eigenvalue weighted by molar-refractivity contribution is -0.384. The minimum atomic E-state index is -3.97. The Morgan fingerprint density at radius 3 is 2.52 bits per heavy atom. The average Bonchev–Trinajstić information content (AvgIpc) is 2.38. The Hall–Kier alpha value is -1.71. The van der Waals surface area contributed by atoms with Gasteiger partial charge in [0, 0.05) is 11.6 Å². The molecule has 0 bridgehead atoms. The molecule has 8 nitrogen and oxygen atoms in total. The fourth-order valence-electron chi connectivity index (χ4n) is 2.37. The van der Waals surface area contributed by atoms with Gasteiger partial charge in [0.2, 0.25) is 10.0 Å². The minimum Gasteiger partial charge on any atom is -0.374 e. The van der Waals surface area contributed by atoms with E-state index in [4.69, 9.17) is 5.14 Å². The van der Waals surface area contributed by atoms with Crippen LogP contribution in [0.3, 0.4) is 0 Å². The highest BCUT2D eigenvalue weighted by atomic mass is 32.2. The molecule has 4 N–H and O–H groups in total. The van der Waals surface area contributed by atoms with E-state index in [1.54, 1.807) is 0 Å². The van der Waals surface area contributed by atoms with E-state index in [1.165, 1.54) is 12.1 Å². The van der Waals surface area contributed by atoms with Gasteiger partial charge in [-0.05, 0) is 45.0 Å². The van der Waals surface area contributed by atoms with Crippen LogP contribution in [0.15, 0.2) is 23.1 Å². The van der Waals surface area contributed by atoms with Crippen LogP contribution in [0, 0.1) is 10.1 Å². The van der Waals surface area contributed by atoms with E-state index in [1.807, 2.05) is 6.92 Å². The molecule has 1 fully saturated rings. The van der Waals surface area contributed by atoms with Gasteiger partial charge in [-0.3, -0.25) is 10.1 Å². The van der Waals surface area contributed by atoms with Gasteiger partial charge in [0.1, 0.15) is 5.69 Å². The zero-order valence-corrected chi connectivity index (χ0v) is 12.4. The molecule has 0 radical (unpaired) electrons. The second-order valence-electron chi connectivity index (χ2n) is 5.42. The molecule has 1 aromatic rings. The summed E-state index contributed by atoms with van der Waals surface area (Å²) in [7, 11) is -3.97. The molecule has 1 aliphatic heterocycles. The van der Waals surface area contributed by atoms with E-state index < -0.39 is 14.9 Å². The van der Waals surface area contributed by atoms with Crippen molar-refractivity contribution in [2.45, 2.75) is 30.2 Å². The van der Waals surface area contributed by atoms with Gasteiger partial charge in [-0.2, -0.15) is 0 Å². The molecule has 0 aromatic heterocycles. The van der Waals surface area contributed by atoms with E-state index in [0.717, 1.165) is 32.0 Å². The monoisotopic (exact) mass is 314 g/mol. The van der Waals surface area contributed by atoms with Crippen LogP contribution in [0.25, 0.3) is 0 Å². The molecular weight excluding hydrogens is 296 g/mol. The van der Waals surface area contributed by atoms with E-state index in [9.17, 15) is 18.5 Å². The third-order valence-corrected chi connectivity index (χ3v) is 4.55. The lowest BCUT2D eigenvalue weighted by atomic mass is 9.90. The van der Waals surface area contributed by atoms with Crippen LogP contribution in [0.4, 0.5) is 11.4 Å². The molecule has 1 aromatic carbocycles. The van der Waals surface area contributed by atoms with E-state index in [2.05, 4.69) is 10.6 Å². The maximum Gasteiger partial charge on any atom is 0.293 e. The molecule has 0 amide bonds. The lowest BCUT2D eigenvalue weighted by Crippen LogP contribution is -2.45. The number of nitrogens with zero attached hydrogens (tertiary/aromatic N) is 1. The largest absolute Gasteiger partial charge is 0.374 e. The van der Waals surface area contributed by atoms with Crippen LogP contribution >= 0.6 is 0 Å². The fraction of sp³-hybridized carbons (Fsp3) is 0.500. The summed E-state index contributed by atoms with van der Waals surface area (Å²) in [6.07, 6.45) is 1.64. The number of piperidine rings is 1. The molecule has 0 aliphatic carbocycles. The van der Waals surface area contributed by atoms with E-state index >= 15 is 0 Å². The number of nitro groups is 1. The van der Waals surface area contributed by atoms with Crippen LogP contribution < -0.4 is 15.8 Å². The van der Waals surface area contributed by atoms with Crippen molar-refractivity contribution in [2.24, 2.45) is 5.14 Å². The summed E-state index contributed by atoms with van der Waals surface area (Å²) in [5, 5.41) is 22.6. The summed E-state index contributed by atoms with van der Waals surface area (Å²) in [5.41, 5.74) is -0.253. The Morgan fingerprint density at radius 2 is 2.00 bits per heavy atom. The van der Waals surface area contributed by atoms with Gasteiger partial charge < -0.3 is 10.6 Å². The minimum absolute atomic E-state index is 0.265. The predicted octanol–water partition coefficient (Wildman–Crippen LogP) is 0.796. The average molecular weight is 314 g/mol. The Labute approximate surface area is 122 Å². The third-order valence-electron chi connectivity index (χ3n) is 3.64. The van der Waals surface area contributed by atoms with Gasteiger partial charge in [0.25, 0.3) is 5.69 Å². The molecule has 9 heteroatoms. The first kappa shape index (κ1) is 15.7. The maximum absolute atomic E-state index is 11.3. The summed E-state index contributed by atoms with van der Waals surface area (Å²) < 4.78 is 22.6. The highest BCUT2D eigenvalue weighted by Crippen LogP contribution is 2.32. The van der Waals surface area contributed by atoms with Crippen molar-refractivity contribution in [3.63, 3.8) is 0 Å². The van der Waals surface area contributed by atoms with Gasteiger partial charge in [-0.15, -0.1) is 0 Å². The Morgan fingerprint density at radius 1 is 1.38 bits per heavy atom. The summed E-state index contributed by atoms with van der Waals surface area (Å²) in [5.74, 6) is 0. The van der Waals surface area contributed by atoms with Crippen molar-refractivity contribution >= 4 is 21.4 Å². The second-order valence-corrected chi connectivity index (χ2v) is 6.98. The standard InChI is InChI=1S/C12H18N4O4S/c1-12(4-6-14-7-5-12)15-10-3-2-9(21(13,19)20)8-11(10)16(17)18/h2-3,8,14-15H,4-7H2,1H3,(H2,13,19,20). The highest BCUT2D eigenvalue weighted by Gasteiger charge is 2.29. The quantitative estimate of drug-likeness (QED) is 0.557. The van der Waals surface area contributed by atoms with Crippen LogP contribution in [0.2, 0.25) is 0 Å². The number of nitrogens with two attached hydrogens (primary N) is 1. The van der Waals surface area contributed by atoms with Crippen molar-refractivity contribution in [2.75, 3.05) is 18.4 Å². The SMILES string of the molecule is CC1(Nc2ccc(S(N)(=O)=O)cc2[N+](=O)[O-])CCNCC1. The zero-order valence-electron chi connectivity index (χ0n) is 11.6. The first-order valence-electron chi connectivity index (χ1n) is 6.51. The van der Waals surface area contributed by atoms with Crippen molar-refractivity contribution in [3.05, 3.63) is 28.3 Å². The topological polar surface area (TPSA) is 127 Å². The number of rotatable bonds is 4. The number of anilines is 1. The molecule has 116 valence electrons. The van der Waals surface area contributed by atoms with Crippen LogP contribution in [0.1, 0.15) is 19.8 Å². The summed E-state index contributed by atoms with van der Waals surface area (Å²) in [4.78, 5) is 10.3. The van der Waals surface area contributed by atoms with Crippen molar-refractivity contribution in [1.29, 1.82) is 0 Å². The highest BCUT2D eigenvalue weighted by molar-refractivity contribution is 7.89. The predicted molar refractivity (Wildman–Crippen MR) is 78.6 cm³/mol. The Balaban J connectivity index is 2.37. The van der Waals surface area contributed by atoms with Crippen molar-refractivity contribution in [3.8, 4) is 0 Å². The number of nitrogens with one attached hydrogen (secondary N) is 2. The Bertz CT molecular complexity index is 653. The van der Waals surface area contributed by atoms with Gasteiger partial charge in [0.05, 0.1) is 9.82 Å². The Kier molecular flexibility index (Phi) is 4.17. The number of hydrogen-bond acceptors (Lipinski definition) is 6. The molecule has 0 atom stereocenters. The lowest BCUT2D eigenvalue weighted by Gasteiger charge is -2.35. The first-order chi connectivity index (χ1) is 9.71. The smallest absolute Gasteiger partial charge is 0.293 e. The number of hydrogen-bond donors (Lipinski definition) is 3. The summed E-state index contributed by atoms with van der Waals surface area (Å²) >= 11 is 0. The van der Waals surface area contributed by atoms with E-state index in [-0.39, 0.29) is 16.1 Å². The van der Waals surface area contributed by atoms with Crippen molar-refractivity contribution < 1.29 is 13.3 Å². The van der Waals surface area contributed by atoms with Crippen LogP contribution in [-0.2, 0) is 10.0 Å². The number of sulfonamides is 1. The number of benzene rings is 1. The van der Waals surface area contributed by atoms with Gasteiger partial charge in [-0.1, -0.05) is 0 Å². The fourth-order valence-corrected chi connectivity index (χ4v) is 2.91. The zero-order chi connectivity index (χ0) is 15.7. The van der Waals surface area contributed by atoms with Gasteiger partial charge >= 0.3 is 0 Å². The van der Waals surface area contributed by atoms with Crippen LogP contribution in [-0.4, -0.2) is 32.0 Å². The normalized spacial score (nSPS) is 18.2. The first-order valence-corrected chi connectivity index (χ1v) is 8.06. The van der Waals surface area contributed by atoms with Gasteiger partial charge in [0.15, 0.2) is 0 Å². The molecule has 1 saturated heterocycles. The second kappa shape index (κ2) is 5.58. The van der Waals surface area contributed by atoms with Crippen molar-refractivity contribution in [1.82, 2.24) is 5.32 Å². The number of nitro benzene ring substituents is 1. The summed E-state index contributed by atoms with van der Waals surface area (Å²) in [6.45, 7) is 3.64. The number of primary sulfonamides is 1. The maximum atomic E-state index is 11.3. The molecule has 21 heavy (non-hydrogen) atoms. The molecule has 0 unspecified atom stereocenters. The molecule has 2 rings (SSSR count). The molecule has 1 aliphatic rings. The molecular formula is C12H18N4O4S. The summed E-state index contributed by atoms with van der Waals surface area (Å²) in [6, 6.07) is 3.66. The molecule has 1 heterocycles. The van der Waals surface area contributed by atoms with E-state index in [0.29, 0.717) is 5.69 Å². The third kappa shape index (κ3) is 3.69. The van der Waals surface area contributed by atoms with Crippen LogP contribution in [0.5, 0.6) is 0 Å². The van der Waals surface area contributed by atoms with Gasteiger partial charge in [-0.25, -0.2) is 13.6 Å². The molecule has 0 saturated carbocycles.